The Hall–Kier alpha value is -4.54. The number of amides is 2. The van der Waals surface area contributed by atoms with E-state index in [1.165, 1.54) is 0 Å². The summed E-state index contributed by atoms with van der Waals surface area (Å²) in [5.74, 6) is -1.58. The Bertz CT molecular complexity index is 1690. The second kappa shape index (κ2) is 10.3. The molecule has 2 aliphatic rings. The molecule has 0 N–H and O–H groups in total. The van der Waals surface area contributed by atoms with Gasteiger partial charge in [0.05, 0.1) is 28.2 Å². The number of hydrogen-bond donors (Lipinski definition) is 0. The Morgan fingerprint density at radius 3 is 2.07 bits per heavy atom. The molecule has 0 bridgehead atoms. The molecule has 4 aromatic rings. The van der Waals surface area contributed by atoms with Crippen molar-refractivity contribution >= 4 is 17.5 Å². The molecule has 1 unspecified atom stereocenters. The van der Waals surface area contributed by atoms with Gasteiger partial charge < -0.3 is 9.47 Å². The van der Waals surface area contributed by atoms with E-state index >= 15 is 0 Å². The first kappa shape index (κ1) is 28.6. The summed E-state index contributed by atoms with van der Waals surface area (Å²) in [5.41, 5.74) is -0.113. The number of aromatic nitrogens is 1. The summed E-state index contributed by atoms with van der Waals surface area (Å²) < 4.78 is 83.2. The van der Waals surface area contributed by atoms with Crippen LogP contribution in [-0.4, -0.2) is 33.9 Å². The van der Waals surface area contributed by atoms with E-state index in [0.717, 1.165) is 27.4 Å². The van der Waals surface area contributed by atoms with E-state index in [0.29, 0.717) is 30.7 Å². The molecule has 222 valence electrons. The highest BCUT2D eigenvalue weighted by Crippen LogP contribution is 2.43. The quantitative estimate of drug-likeness (QED) is 0.223. The van der Waals surface area contributed by atoms with Gasteiger partial charge in [-0.15, -0.1) is 0 Å². The molecule has 0 radical (unpaired) electrons. The number of aryl methyl sites for hydroxylation is 1. The highest BCUT2D eigenvalue weighted by molar-refractivity contribution is 6.03. The van der Waals surface area contributed by atoms with Crippen LogP contribution in [0.4, 0.5) is 32.0 Å². The van der Waals surface area contributed by atoms with E-state index in [1.54, 1.807) is 17.0 Å². The minimum Gasteiger partial charge on any atom is -0.326 e. The Morgan fingerprint density at radius 2 is 1.47 bits per heavy atom. The zero-order valence-electron chi connectivity index (χ0n) is 22.8. The van der Waals surface area contributed by atoms with Crippen molar-refractivity contribution in [2.45, 2.75) is 44.2 Å². The molecule has 3 aromatic carbocycles. The standard InChI is InChI=1S/C32H25F6N3O2/c1-19-6-4-7-20(14-19)29-27-10-5-13-39(27)25-8-2-3-9-26(25)41(29)28(42)18-40(24-11-12-24)30(43)21-15-22(31(33,34)35)17-23(16-21)32(36,37)38/h2-10,13-17,24,29H,11-12,18H2,1H3. The van der Waals surface area contributed by atoms with Gasteiger partial charge in [0.2, 0.25) is 5.91 Å². The molecule has 11 heteroatoms. The van der Waals surface area contributed by atoms with Crippen molar-refractivity contribution in [1.82, 2.24) is 9.47 Å². The number of halogens is 6. The third-order valence-corrected chi connectivity index (χ3v) is 7.73. The average Bonchev–Trinajstić information content (AvgIpc) is 3.68. The van der Waals surface area contributed by atoms with E-state index in [4.69, 9.17) is 0 Å². The van der Waals surface area contributed by atoms with Crippen LogP contribution in [0.1, 0.15) is 57.2 Å². The normalized spacial score (nSPS) is 16.4. The lowest BCUT2D eigenvalue weighted by Crippen LogP contribution is -2.47. The lowest BCUT2D eigenvalue weighted by atomic mass is 9.96. The predicted molar refractivity (Wildman–Crippen MR) is 147 cm³/mol. The van der Waals surface area contributed by atoms with Gasteiger partial charge in [-0.05, 0) is 67.8 Å². The van der Waals surface area contributed by atoms with Gasteiger partial charge in [-0.1, -0.05) is 42.0 Å². The second-order valence-corrected chi connectivity index (χ2v) is 10.8. The van der Waals surface area contributed by atoms with Gasteiger partial charge in [-0.25, -0.2) is 0 Å². The van der Waals surface area contributed by atoms with Crippen molar-refractivity contribution in [3.63, 3.8) is 0 Å². The maximum absolute atomic E-state index is 14.3. The second-order valence-electron chi connectivity index (χ2n) is 10.8. The molecule has 2 amide bonds. The zero-order valence-corrected chi connectivity index (χ0v) is 22.8. The van der Waals surface area contributed by atoms with Crippen LogP contribution >= 0.6 is 0 Å². The van der Waals surface area contributed by atoms with Gasteiger partial charge in [0.15, 0.2) is 0 Å². The fourth-order valence-electron chi connectivity index (χ4n) is 5.64. The third-order valence-electron chi connectivity index (χ3n) is 7.73. The van der Waals surface area contributed by atoms with Gasteiger partial charge in [0.1, 0.15) is 12.6 Å². The number of alkyl halides is 6. The largest absolute Gasteiger partial charge is 0.416 e. The molecule has 1 fully saturated rings. The van der Waals surface area contributed by atoms with Crippen molar-refractivity contribution in [1.29, 1.82) is 0 Å². The van der Waals surface area contributed by atoms with Crippen LogP contribution in [0.25, 0.3) is 5.69 Å². The van der Waals surface area contributed by atoms with Crippen LogP contribution in [0.2, 0.25) is 0 Å². The van der Waals surface area contributed by atoms with Crippen LogP contribution in [0.5, 0.6) is 0 Å². The zero-order chi connectivity index (χ0) is 30.7. The molecule has 1 aliphatic heterocycles. The van der Waals surface area contributed by atoms with Crippen molar-refractivity contribution in [2.24, 2.45) is 0 Å². The smallest absolute Gasteiger partial charge is 0.326 e. The van der Waals surface area contributed by atoms with Gasteiger partial charge in [-0.3, -0.25) is 14.5 Å². The number of para-hydroxylation sites is 2. The summed E-state index contributed by atoms with van der Waals surface area (Å²) in [5, 5.41) is 0. The Morgan fingerprint density at radius 1 is 0.814 bits per heavy atom. The van der Waals surface area contributed by atoms with Crippen LogP contribution in [0, 0.1) is 6.92 Å². The molecular formula is C32H25F6N3O2. The molecule has 5 nitrogen and oxygen atoms in total. The molecule has 1 saturated carbocycles. The number of carbonyl (C=O) groups is 2. The van der Waals surface area contributed by atoms with Crippen LogP contribution < -0.4 is 4.90 Å². The van der Waals surface area contributed by atoms with Crippen LogP contribution in [-0.2, 0) is 17.1 Å². The molecular weight excluding hydrogens is 572 g/mol. The van der Waals surface area contributed by atoms with E-state index < -0.39 is 59.5 Å². The number of nitrogens with zero attached hydrogens (tertiary/aromatic N) is 3. The number of benzene rings is 3. The van der Waals surface area contributed by atoms with Crippen molar-refractivity contribution in [3.8, 4) is 5.69 Å². The summed E-state index contributed by atoms with van der Waals surface area (Å²) in [4.78, 5) is 30.5. The van der Waals surface area contributed by atoms with Crippen molar-refractivity contribution in [2.75, 3.05) is 11.4 Å². The summed E-state index contributed by atoms with van der Waals surface area (Å²) in [7, 11) is 0. The molecule has 0 saturated heterocycles. The van der Waals surface area contributed by atoms with E-state index in [9.17, 15) is 35.9 Å². The Kier molecular flexibility index (Phi) is 6.86. The van der Waals surface area contributed by atoms with E-state index in [2.05, 4.69) is 0 Å². The van der Waals surface area contributed by atoms with Gasteiger partial charge in [0.25, 0.3) is 5.91 Å². The third kappa shape index (κ3) is 5.39. The summed E-state index contributed by atoms with van der Waals surface area (Å²) in [6.07, 6.45) is -7.38. The van der Waals surface area contributed by atoms with E-state index in [1.807, 2.05) is 66.2 Å². The van der Waals surface area contributed by atoms with E-state index in [-0.39, 0.29) is 6.07 Å². The SMILES string of the molecule is Cc1cccc(C2c3cccn3-c3ccccc3N2C(=O)CN(C(=O)c2cc(C(F)(F)F)cc(C(F)(F)F)c2)C2CC2)c1. The fourth-order valence-corrected chi connectivity index (χ4v) is 5.64. The molecule has 0 spiro atoms. The van der Waals surface area contributed by atoms with Gasteiger partial charge in [-0.2, -0.15) is 26.3 Å². The molecule has 2 heterocycles. The van der Waals surface area contributed by atoms with Crippen molar-refractivity contribution in [3.05, 3.63) is 119 Å². The highest BCUT2D eigenvalue weighted by atomic mass is 19.4. The van der Waals surface area contributed by atoms with Crippen LogP contribution in [0.15, 0.2) is 85.1 Å². The molecule has 1 atom stereocenters. The number of fused-ring (bicyclic) bond motifs is 3. The Labute approximate surface area is 242 Å². The summed E-state index contributed by atoms with van der Waals surface area (Å²) in [6, 6.07) is 18.3. The summed E-state index contributed by atoms with van der Waals surface area (Å²) >= 11 is 0. The lowest BCUT2D eigenvalue weighted by molar-refractivity contribution is -0.143. The fraction of sp³-hybridized carbons (Fsp3) is 0.250. The Balaban J connectivity index is 1.41. The highest BCUT2D eigenvalue weighted by Gasteiger charge is 2.42. The van der Waals surface area contributed by atoms with Gasteiger partial charge in [0, 0.05) is 17.8 Å². The molecule has 1 aliphatic carbocycles. The monoisotopic (exact) mass is 597 g/mol. The first-order valence-corrected chi connectivity index (χ1v) is 13.6. The molecule has 1 aromatic heterocycles. The lowest BCUT2D eigenvalue weighted by Gasteiger charge is -2.39. The minimum atomic E-state index is -5.11. The maximum atomic E-state index is 14.3. The number of anilines is 1. The van der Waals surface area contributed by atoms with Crippen LogP contribution in [0.3, 0.4) is 0 Å². The average molecular weight is 598 g/mol. The first-order valence-electron chi connectivity index (χ1n) is 13.6. The number of hydrogen-bond acceptors (Lipinski definition) is 2. The number of carbonyl (C=O) groups excluding carboxylic acids is 2. The number of rotatable bonds is 5. The van der Waals surface area contributed by atoms with Gasteiger partial charge >= 0.3 is 12.4 Å². The summed E-state index contributed by atoms with van der Waals surface area (Å²) in [6.45, 7) is 1.39. The predicted octanol–water partition coefficient (Wildman–Crippen LogP) is 7.56. The maximum Gasteiger partial charge on any atom is 0.416 e. The van der Waals surface area contributed by atoms with Crippen molar-refractivity contribution < 1.29 is 35.9 Å². The minimum absolute atomic E-state index is 0.0182. The topological polar surface area (TPSA) is 45.6 Å². The first-order chi connectivity index (χ1) is 20.3. The molecule has 43 heavy (non-hydrogen) atoms. The molecule has 6 rings (SSSR count).